The van der Waals surface area contributed by atoms with Crippen molar-refractivity contribution < 1.29 is 22.7 Å². The van der Waals surface area contributed by atoms with E-state index in [-0.39, 0.29) is 16.8 Å². The van der Waals surface area contributed by atoms with Gasteiger partial charge in [-0.15, -0.1) is 0 Å². The number of carbonyl (C=O) groups is 1. The van der Waals surface area contributed by atoms with Crippen molar-refractivity contribution >= 4 is 42.6 Å². The van der Waals surface area contributed by atoms with Crippen LogP contribution in [0.25, 0.3) is 10.2 Å². The van der Waals surface area contributed by atoms with Crippen LogP contribution in [0.4, 0.5) is 5.13 Å². The minimum atomic E-state index is -3.62. The molecule has 0 spiro atoms. The highest BCUT2D eigenvalue weighted by Crippen LogP contribution is 2.33. The first kappa shape index (κ1) is 28.9. The molecule has 1 atom stereocenters. The Bertz CT molecular complexity index is 1400. The Kier molecular flexibility index (Phi) is 9.37. The van der Waals surface area contributed by atoms with Gasteiger partial charge in [0.25, 0.3) is 5.91 Å². The number of thiazole rings is 1. The SMILES string of the molecule is CCC1CCCCN1S(=O)(=O)c1ccc(C(=O)N(CCCN2CCOCC2)c2nc3ccc(OC)cc3s2)cc1. The summed E-state index contributed by atoms with van der Waals surface area (Å²) < 4.78 is 40.3. The maximum atomic E-state index is 13.9. The quantitative estimate of drug-likeness (QED) is 0.342. The second-order valence-corrected chi connectivity index (χ2v) is 13.2. The molecule has 1 aromatic heterocycles. The zero-order valence-corrected chi connectivity index (χ0v) is 24.9. The maximum Gasteiger partial charge on any atom is 0.260 e. The number of benzene rings is 2. The lowest BCUT2D eigenvalue weighted by Gasteiger charge is -2.34. The number of methoxy groups -OCH3 is 1. The van der Waals surface area contributed by atoms with Crippen molar-refractivity contribution in [3.63, 3.8) is 0 Å². The van der Waals surface area contributed by atoms with E-state index in [9.17, 15) is 13.2 Å². The molecule has 40 heavy (non-hydrogen) atoms. The van der Waals surface area contributed by atoms with Crippen molar-refractivity contribution in [2.45, 2.75) is 50.0 Å². The van der Waals surface area contributed by atoms with Crippen LogP contribution in [0.3, 0.4) is 0 Å². The highest BCUT2D eigenvalue weighted by Gasteiger charge is 2.32. The summed E-state index contributed by atoms with van der Waals surface area (Å²) in [7, 11) is -1.99. The van der Waals surface area contributed by atoms with Crippen molar-refractivity contribution in [3.8, 4) is 5.75 Å². The molecule has 2 aliphatic rings. The molecule has 3 aromatic rings. The topological polar surface area (TPSA) is 92.3 Å². The van der Waals surface area contributed by atoms with Crippen molar-refractivity contribution in [1.29, 1.82) is 0 Å². The number of piperidine rings is 1. The molecule has 2 aliphatic heterocycles. The van der Waals surface area contributed by atoms with E-state index in [1.165, 1.54) is 11.3 Å². The van der Waals surface area contributed by atoms with Gasteiger partial charge in [0, 0.05) is 44.3 Å². The average Bonchev–Trinajstić information content (AvgIpc) is 3.42. The molecular formula is C29H38N4O5S2. The molecule has 1 amide bonds. The summed E-state index contributed by atoms with van der Waals surface area (Å²) in [6.45, 7) is 7.17. The molecule has 0 aliphatic carbocycles. The molecule has 3 heterocycles. The van der Waals surface area contributed by atoms with Gasteiger partial charge in [-0.2, -0.15) is 4.31 Å². The van der Waals surface area contributed by atoms with Crippen LogP contribution in [0.5, 0.6) is 5.75 Å². The van der Waals surface area contributed by atoms with Crippen LogP contribution in [-0.2, 0) is 14.8 Å². The van der Waals surface area contributed by atoms with Gasteiger partial charge in [-0.25, -0.2) is 13.4 Å². The molecule has 0 saturated carbocycles. The first-order valence-corrected chi connectivity index (χ1v) is 16.3. The van der Waals surface area contributed by atoms with E-state index < -0.39 is 10.0 Å². The maximum absolute atomic E-state index is 13.9. The van der Waals surface area contributed by atoms with Crippen LogP contribution in [0.1, 0.15) is 49.4 Å². The summed E-state index contributed by atoms with van der Waals surface area (Å²) in [6, 6.07) is 12.1. The minimum absolute atomic E-state index is 0.0275. The second-order valence-electron chi connectivity index (χ2n) is 10.3. The number of nitrogens with zero attached hydrogens (tertiary/aromatic N) is 4. The summed E-state index contributed by atoms with van der Waals surface area (Å²) in [4.78, 5) is 22.9. The lowest BCUT2D eigenvalue weighted by molar-refractivity contribution is 0.0376. The third-order valence-corrected chi connectivity index (χ3v) is 10.8. The molecule has 0 radical (unpaired) electrons. The Balaban J connectivity index is 1.38. The normalized spacial score (nSPS) is 19.1. The van der Waals surface area contributed by atoms with Gasteiger partial charge in [0.2, 0.25) is 10.0 Å². The lowest BCUT2D eigenvalue weighted by atomic mass is 10.0. The number of amides is 1. The largest absolute Gasteiger partial charge is 0.497 e. The predicted octanol–water partition coefficient (Wildman–Crippen LogP) is 4.63. The zero-order chi connectivity index (χ0) is 28.1. The van der Waals surface area contributed by atoms with E-state index in [0.29, 0.717) is 23.8 Å². The van der Waals surface area contributed by atoms with E-state index in [2.05, 4.69) is 4.90 Å². The standard InChI is InChI=1S/C29H38N4O5S2/c1-3-23-7-4-5-16-33(23)40(35,36)25-11-8-22(9-12-25)28(34)32(15-6-14-31-17-19-38-20-18-31)29-30-26-13-10-24(37-2)21-27(26)39-29/h8-13,21,23H,3-7,14-20H2,1-2H3. The number of hydrogen-bond acceptors (Lipinski definition) is 8. The van der Waals surface area contributed by atoms with Crippen molar-refractivity contribution in [1.82, 2.24) is 14.2 Å². The van der Waals surface area contributed by atoms with Crippen LogP contribution in [0, 0.1) is 0 Å². The zero-order valence-electron chi connectivity index (χ0n) is 23.3. The summed E-state index contributed by atoms with van der Waals surface area (Å²) in [5.74, 6) is 0.546. The van der Waals surface area contributed by atoms with Crippen LogP contribution >= 0.6 is 11.3 Å². The highest BCUT2D eigenvalue weighted by molar-refractivity contribution is 7.89. The van der Waals surface area contributed by atoms with Gasteiger partial charge in [0.1, 0.15) is 5.75 Å². The summed E-state index contributed by atoms with van der Waals surface area (Å²) >= 11 is 1.45. The molecule has 2 aromatic carbocycles. The molecule has 9 nitrogen and oxygen atoms in total. The monoisotopic (exact) mass is 586 g/mol. The molecular weight excluding hydrogens is 548 g/mol. The number of morpholine rings is 1. The van der Waals surface area contributed by atoms with E-state index in [1.54, 1.807) is 40.6 Å². The van der Waals surface area contributed by atoms with Gasteiger partial charge in [-0.3, -0.25) is 14.6 Å². The van der Waals surface area contributed by atoms with E-state index in [1.807, 2.05) is 25.1 Å². The first-order valence-electron chi connectivity index (χ1n) is 14.1. The van der Waals surface area contributed by atoms with Gasteiger partial charge in [-0.1, -0.05) is 24.7 Å². The average molecular weight is 587 g/mol. The Morgan fingerprint density at radius 1 is 1.12 bits per heavy atom. The fraction of sp³-hybridized carbons (Fsp3) is 0.517. The molecule has 1 unspecified atom stereocenters. The molecule has 0 bridgehead atoms. The molecule has 2 saturated heterocycles. The number of rotatable bonds is 10. The van der Waals surface area contributed by atoms with E-state index in [0.717, 1.165) is 80.9 Å². The third kappa shape index (κ3) is 6.33. The smallest absolute Gasteiger partial charge is 0.260 e. The fourth-order valence-electron chi connectivity index (χ4n) is 5.46. The lowest BCUT2D eigenvalue weighted by Crippen LogP contribution is -2.43. The number of carbonyl (C=O) groups excluding carboxylic acids is 1. The van der Waals surface area contributed by atoms with Crippen molar-refractivity contribution in [2.24, 2.45) is 0 Å². The molecule has 0 N–H and O–H groups in total. The van der Waals surface area contributed by atoms with Gasteiger partial charge >= 0.3 is 0 Å². The number of ether oxygens (including phenoxy) is 2. The van der Waals surface area contributed by atoms with Gasteiger partial charge in [0.15, 0.2) is 5.13 Å². The van der Waals surface area contributed by atoms with Crippen LogP contribution < -0.4 is 9.64 Å². The fourth-order valence-corrected chi connectivity index (χ4v) is 8.24. The highest BCUT2D eigenvalue weighted by atomic mass is 32.2. The molecule has 5 rings (SSSR count). The molecule has 216 valence electrons. The Morgan fingerprint density at radius 2 is 1.90 bits per heavy atom. The van der Waals surface area contributed by atoms with Gasteiger partial charge in [0.05, 0.1) is 35.4 Å². The predicted molar refractivity (Wildman–Crippen MR) is 158 cm³/mol. The number of sulfonamides is 1. The number of anilines is 1. The summed E-state index contributed by atoms with van der Waals surface area (Å²) in [5, 5.41) is 0.617. The van der Waals surface area contributed by atoms with Crippen molar-refractivity contribution in [3.05, 3.63) is 48.0 Å². The number of fused-ring (bicyclic) bond motifs is 1. The van der Waals surface area contributed by atoms with Crippen LogP contribution in [0.2, 0.25) is 0 Å². The number of aromatic nitrogens is 1. The second kappa shape index (κ2) is 12.9. The molecule has 2 fully saturated rings. The van der Waals surface area contributed by atoms with E-state index >= 15 is 0 Å². The van der Waals surface area contributed by atoms with Crippen molar-refractivity contribution in [2.75, 3.05) is 57.9 Å². The van der Waals surface area contributed by atoms with Crippen LogP contribution in [0.15, 0.2) is 47.4 Å². The van der Waals surface area contributed by atoms with E-state index in [4.69, 9.17) is 14.5 Å². The third-order valence-electron chi connectivity index (χ3n) is 7.77. The van der Waals surface area contributed by atoms with Gasteiger partial charge in [-0.05, 0) is 68.1 Å². The summed E-state index contributed by atoms with van der Waals surface area (Å²) in [6.07, 6.45) is 4.39. The van der Waals surface area contributed by atoms with Crippen LogP contribution in [-0.4, -0.2) is 87.6 Å². The Hall–Kier alpha value is -2.57. The van der Waals surface area contributed by atoms with Gasteiger partial charge < -0.3 is 9.47 Å². The Labute approximate surface area is 240 Å². The Morgan fingerprint density at radius 3 is 2.62 bits per heavy atom. The number of hydrogen-bond donors (Lipinski definition) is 0. The minimum Gasteiger partial charge on any atom is -0.497 e. The first-order chi connectivity index (χ1) is 19.4. The molecule has 11 heteroatoms. The summed E-state index contributed by atoms with van der Waals surface area (Å²) in [5.41, 5.74) is 1.24.